The van der Waals surface area contributed by atoms with E-state index in [1.165, 1.54) is 19.4 Å². The topological polar surface area (TPSA) is 65.7 Å². The van der Waals surface area contributed by atoms with Gasteiger partial charge >= 0.3 is 5.97 Å². The Kier molecular flexibility index (Phi) is 3.32. The Bertz CT molecular complexity index is 596. The van der Waals surface area contributed by atoms with E-state index < -0.39 is 11.8 Å². The van der Waals surface area contributed by atoms with Crippen LogP contribution in [0.5, 0.6) is 5.75 Å². The number of furan rings is 1. The van der Waals surface area contributed by atoms with Crippen molar-refractivity contribution >= 4 is 22.7 Å². The molecule has 5 heteroatoms. The van der Waals surface area contributed by atoms with Crippen LogP contribution < -0.4 is 4.74 Å². The van der Waals surface area contributed by atoms with Gasteiger partial charge in [-0.25, -0.2) is 4.79 Å². The summed E-state index contributed by atoms with van der Waals surface area (Å²) in [6.45, 7) is 1.81. The van der Waals surface area contributed by atoms with E-state index in [9.17, 15) is 9.59 Å². The van der Waals surface area contributed by atoms with Gasteiger partial charge < -0.3 is 13.9 Å². The molecular formula is C13H12O5. The van der Waals surface area contributed by atoms with Gasteiger partial charge in [0.1, 0.15) is 0 Å². The Hall–Kier alpha value is -2.30. The molecule has 0 N–H and O–H groups in total. The number of carbonyl (C=O) groups excluding carboxylic acids is 2. The van der Waals surface area contributed by atoms with Gasteiger partial charge in [-0.2, -0.15) is 0 Å². The molecule has 2 rings (SSSR count). The molecule has 18 heavy (non-hydrogen) atoms. The first-order chi connectivity index (χ1) is 8.67. The van der Waals surface area contributed by atoms with E-state index in [0.29, 0.717) is 16.7 Å². The summed E-state index contributed by atoms with van der Waals surface area (Å²) >= 11 is 0. The van der Waals surface area contributed by atoms with E-state index in [1.54, 1.807) is 19.1 Å². The van der Waals surface area contributed by atoms with Crippen molar-refractivity contribution < 1.29 is 23.5 Å². The quantitative estimate of drug-likeness (QED) is 0.471. The number of hydrogen-bond acceptors (Lipinski definition) is 5. The Morgan fingerprint density at radius 1 is 1.33 bits per heavy atom. The zero-order valence-corrected chi connectivity index (χ0v) is 10.1. The van der Waals surface area contributed by atoms with Crippen molar-refractivity contribution in [2.75, 3.05) is 13.7 Å². The van der Waals surface area contributed by atoms with Crippen LogP contribution in [0, 0.1) is 0 Å². The molecule has 5 nitrogen and oxygen atoms in total. The van der Waals surface area contributed by atoms with E-state index in [4.69, 9.17) is 9.15 Å². The number of Topliss-reactive ketones (excluding diaryl/α,β-unsaturated/α-hetero) is 1. The summed E-state index contributed by atoms with van der Waals surface area (Å²) in [7, 11) is 1.47. The van der Waals surface area contributed by atoms with Crippen molar-refractivity contribution in [1.29, 1.82) is 0 Å². The van der Waals surface area contributed by atoms with Gasteiger partial charge in [0.25, 0.3) is 5.78 Å². The van der Waals surface area contributed by atoms with E-state index in [2.05, 4.69) is 4.74 Å². The molecule has 0 saturated heterocycles. The predicted molar refractivity (Wildman–Crippen MR) is 63.7 cm³/mol. The lowest BCUT2D eigenvalue weighted by molar-refractivity contribution is -0.137. The summed E-state index contributed by atoms with van der Waals surface area (Å²) in [5.41, 5.74) is 0.761. The minimum atomic E-state index is -0.873. The number of carbonyl (C=O) groups is 2. The number of esters is 1. The Labute approximate surface area is 103 Å². The number of ketones is 1. The molecule has 1 aromatic carbocycles. The van der Waals surface area contributed by atoms with Gasteiger partial charge in [-0.1, -0.05) is 0 Å². The smallest absolute Gasteiger partial charge is 0.379 e. The number of ether oxygens (including phenoxy) is 2. The van der Waals surface area contributed by atoms with Crippen LogP contribution >= 0.6 is 0 Å². The molecule has 0 aliphatic rings. The summed E-state index contributed by atoms with van der Waals surface area (Å²) in [4.78, 5) is 23.2. The van der Waals surface area contributed by atoms with Crippen molar-refractivity contribution in [3.8, 4) is 5.75 Å². The molecule has 0 unspecified atom stereocenters. The molecule has 0 spiro atoms. The molecule has 0 aliphatic heterocycles. The van der Waals surface area contributed by atoms with Crippen molar-refractivity contribution in [3.05, 3.63) is 30.0 Å². The molecule has 94 valence electrons. The van der Waals surface area contributed by atoms with Crippen molar-refractivity contribution in [3.63, 3.8) is 0 Å². The largest absolute Gasteiger partial charge is 0.493 e. The fraction of sp³-hybridized carbons (Fsp3) is 0.231. The van der Waals surface area contributed by atoms with Crippen LogP contribution in [0.2, 0.25) is 0 Å². The monoisotopic (exact) mass is 248 g/mol. The third-order valence-electron chi connectivity index (χ3n) is 2.46. The van der Waals surface area contributed by atoms with Crippen molar-refractivity contribution in [2.24, 2.45) is 0 Å². The predicted octanol–water partition coefficient (Wildman–Crippen LogP) is 2.19. The number of hydrogen-bond donors (Lipinski definition) is 0. The normalized spacial score (nSPS) is 10.3. The van der Waals surface area contributed by atoms with Gasteiger partial charge in [-0.05, 0) is 25.1 Å². The highest BCUT2D eigenvalue weighted by Gasteiger charge is 2.20. The molecule has 2 aromatic rings. The van der Waals surface area contributed by atoms with Crippen LogP contribution in [0.15, 0.2) is 28.9 Å². The molecule has 1 heterocycles. The van der Waals surface area contributed by atoms with Gasteiger partial charge in [-0.15, -0.1) is 0 Å². The third-order valence-corrected chi connectivity index (χ3v) is 2.46. The first kappa shape index (κ1) is 12.2. The minimum Gasteiger partial charge on any atom is -0.493 e. The van der Waals surface area contributed by atoms with E-state index in [0.717, 1.165) is 0 Å². The summed E-state index contributed by atoms with van der Waals surface area (Å²) in [5.74, 6) is -1.16. The van der Waals surface area contributed by atoms with E-state index in [1.807, 2.05) is 0 Å². The lowest BCUT2D eigenvalue weighted by Gasteiger charge is -2.04. The average Bonchev–Trinajstić information content (AvgIpc) is 2.85. The van der Waals surface area contributed by atoms with Gasteiger partial charge in [0.2, 0.25) is 0 Å². The highest BCUT2D eigenvalue weighted by atomic mass is 16.5. The first-order valence-corrected chi connectivity index (χ1v) is 5.44. The maximum absolute atomic E-state index is 11.8. The zero-order valence-electron chi connectivity index (χ0n) is 10.1. The second-order valence-corrected chi connectivity index (χ2v) is 3.57. The maximum atomic E-state index is 11.8. The number of rotatable bonds is 4. The van der Waals surface area contributed by atoms with Crippen LogP contribution in [-0.4, -0.2) is 25.5 Å². The average molecular weight is 248 g/mol. The fourth-order valence-corrected chi connectivity index (χ4v) is 1.65. The molecule has 0 radical (unpaired) electrons. The lowest BCUT2D eigenvalue weighted by atomic mass is 10.1. The molecule has 1 aromatic heterocycles. The van der Waals surface area contributed by atoms with Crippen LogP contribution in [-0.2, 0) is 9.53 Å². The van der Waals surface area contributed by atoms with Crippen molar-refractivity contribution in [1.82, 2.24) is 0 Å². The molecule has 0 atom stereocenters. The standard InChI is InChI=1S/C13H12O5/c1-3-17-13(15)11(14)9-6-8-4-5-18-12(8)10(7-9)16-2/h4-7H,3H2,1-2H3. The lowest BCUT2D eigenvalue weighted by Crippen LogP contribution is -2.17. The summed E-state index contributed by atoms with van der Waals surface area (Å²) in [6.07, 6.45) is 1.49. The van der Waals surface area contributed by atoms with Crippen LogP contribution in [0.25, 0.3) is 11.0 Å². The minimum absolute atomic E-state index is 0.162. The second-order valence-electron chi connectivity index (χ2n) is 3.57. The summed E-state index contributed by atoms with van der Waals surface area (Å²) in [5, 5.41) is 0.696. The Balaban J connectivity index is 2.45. The summed E-state index contributed by atoms with van der Waals surface area (Å²) in [6, 6.07) is 4.73. The number of fused-ring (bicyclic) bond motifs is 1. The molecule has 0 fully saturated rings. The van der Waals surface area contributed by atoms with Gasteiger partial charge in [0.15, 0.2) is 11.3 Å². The maximum Gasteiger partial charge on any atom is 0.379 e. The molecule has 0 saturated carbocycles. The molecule has 0 aliphatic carbocycles. The van der Waals surface area contributed by atoms with Crippen molar-refractivity contribution in [2.45, 2.75) is 6.92 Å². The van der Waals surface area contributed by atoms with Crippen LogP contribution in [0.3, 0.4) is 0 Å². The van der Waals surface area contributed by atoms with Gasteiger partial charge in [0, 0.05) is 10.9 Å². The van der Waals surface area contributed by atoms with Crippen LogP contribution in [0.4, 0.5) is 0 Å². The zero-order chi connectivity index (χ0) is 13.1. The molecular weight excluding hydrogens is 236 g/mol. The van der Waals surface area contributed by atoms with Crippen LogP contribution in [0.1, 0.15) is 17.3 Å². The number of methoxy groups -OCH3 is 1. The SMILES string of the molecule is CCOC(=O)C(=O)c1cc(OC)c2occc2c1. The molecule has 0 bridgehead atoms. The Morgan fingerprint density at radius 3 is 2.78 bits per heavy atom. The first-order valence-electron chi connectivity index (χ1n) is 5.44. The summed E-state index contributed by atoms with van der Waals surface area (Å²) < 4.78 is 15.0. The number of benzene rings is 1. The van der Waals surface area contributed by atoms with E-state index >= 15 is 0 Å². The van der Waals surface area contributed by atoms with Gasteiger partial charge in [-0.3, -0.25) is 4.79 Å². The Morgan fingerprint density at radius 2 is 2.11 bits per heavy atom. The highest BCUT2D eigenvalue weighted by molar-refractivity contribution is 6.41. The van der Waals surface area contributed by atoms with E-state index in [-0.39, 0.29) is 12.2 Å². The molecule has 0 amide bonds. The highest BCUT2D eigenvalue weighted by Crippen LogP contribution is 2.28. The van der Waals surface area contributed by atoms with Gasteiger partial charge in [0.05, 0.1) is 20.0 Å². The third kappa shape index (κ3) is 2.07. The second kappa shape index (κ2) is 4.91. The fourth-order valence-electron chi connectivity index (χ4n) is 1.65.